The molecule has 0 saturated heterocycles. The van der Waals surface area contributed by atoms with Crippen molar-refractivity contribution in [3.63, 3.8) is 0 Å². The number of carbonyl (C=O) groups is 1. The summed E-state index contributed by atoms with van der Waals surface area (Å²) in [6, 6.07) is 4.82. The summed E-state index contributed by atoms with van der Waals surface area (Å²) in [4.78, 5) is 11.4. The van der Waals surface area contributed by atoms with Gasteiger partial charge in [-0.2, -0.15) is 0 Å². The number of rotatable bonds is 6. The van der Waals surface area contributed by atoms with Crippen molar-refractivity contribution in [2.45, 2.75) is 19.3 Å². The molecule has 6 heteroatoms. The highest BCUT2D eigenvalue weighted by Crippen LogP contribution is 2.25. The van der Waals surface area contributed by atoms with E-state index in [1.807, 2.05) is 0 Å². The molecule has 0 aliphatic heterocycles. The molecule has 1 aromatic carbocycles. The number of ether oxygens (including phenoxy) is 1. The van der Waals surface area contributed by atoms with Crippen LogP contribution in [0.2, 0.25) is 10.0 Å². The molecule has 0 aliphatic carbocycles. The number of nitrogens with one attached hydrogen (secondary N) is 1. The lowest BCUT2D eigenvalue weighted by Gasteiger charge is -2.08. The summed E-state index contributed by atoms with van der Waals surface area (Å²) in [6.07, 6.45) is 2.12. The van der Waals surface area contributed by atoms with Crippen LogP contribution in [-0.4, -0.2) is 18.6 Å². The van der Waals surface area contributed by atoms with E-state index in [2.05, 4.69) is 5.32 Å². The monoisotopic (exact) mass is 309 g/mol. The first-order valence-corrected chi connectivity index (χ1v) is 6.87. The van der Waals surface area contributed by atoms with Gasteiger partial charge in [0, 0.05) is 10.9 Å². The first-order chi connectivity index (χ1) is 8.63. The second-order valence-corrected chi connectivity index (χ2v) is 4.86. The normalized spacial score (nSPS) is 10.2. The van der Waals surface area contributed by atoms with Crippen molar-refractivity contribution in [3.8, 4) is 0 Å². The van der Waals surface area contributed by atoms with Crippen molar-refractivity contribution >= 4 is 46.6 Å². The van der Waals surface area contributed by atoms with Crippen molar-refractivity contribution in [2.75, 3.05) is 17.8 Å². The standard InChI is InChI=1S/C12H14Cl3NO2/c13-6-2-1-3-7-18-12(17)16-11-8-9(14)4-5-10(11)15/h4-5,8H,1-3,6-7H2,(H,16,17). The molecule has 0 spiro atoms. The van der Waals surface area contributed by atoms with Gasteiger partial charge >= 0.3 is 6.09 Å². The Kier molecular flexibility index (Phi) is 7.25. The molecule has 0 unspecified atom stereocenters. The van der Waals surface area contributed by atoms with Gasteiger partial charge in [-0.15, -0.1) is 11.6 Å². The molecule has 0 radical (unpaired) electrons. The molecule has 18 heavy (non-hydrogen) atoms. The second-order valence-electron chi connectivity index (χ2n) is 3.63. The van der Waals surface area contributed by atoms with Crippen molar-refractivity contribution in [1.82, 2.24) is 0 Å². The molecule has 0 atom stereocenters. The van der Waals surface area contributed by atoms with Crippen LogP contribution in [0, 0.1) is 0 Å². The quantitative estimate of drug-likeness (QED) is 0.596. The van der Waals surface area contributed by atoms with Crippen LogP contribution >= 0.6 is 34.8 Å². The molecule has 0 aromatic heterocycles. The average molecular weight is 311 g/mol. The fourth-order valence-electron chi connectivity index (χ4n) is 1.28. The van der Waals surface area contributed by atoms with Crippen molar-refractivity contribution in [3.05, 3.63) is 28.2 Å². The molecular formula is C12H14Cl3NO2. The largest absolute Gasteiger partial charge is 0.449 e. The first kappa shape index (κ1) is 15.4. The van der Waals surface area contributed by atoms with Gasteiger partial charge < -0.3 is 4.74 Å². The highest BCUT2D eigenvalue weighted by atomic mass is 35.5. The Labute approximate surface area is 121 Å². The summed E-state index contributed by atoms with van der Waals surface area (Å²) >= 11 is 17.2. The fourth-order valence-corrected chi connectivity index (χ4v) is 1.80. The number of carbonyl (C=O) groups excluding carboxylic acids is 1. The summed E-state index contributed by atoms with van der Waals surface area (Å²) in [5.41, 5.74) is 0.440. The van der Waals surface area contributed by atoms with E-state index in [1.165, 1.54) is 0 Å². The zero-order chi connectivity index (χ0) is 13.4. The third-order valence-corrected chi connectivity index (χ3v) is 3.01. The second kappa shape index (κ2) is 8.46. The van der Waals surface area contributed by atoms with E-state index in [1.54, 1.807) is 18.2 Å². The Morgan fingerprint density at radius 3 is 2.72 bits per heavy atom. The van der Waals surface area contributed by atoms with E-state index in [4.69, 9.17) is 39.5 Å². The molecule has 1 aromatic rings. The molecule has 100 valence electrons. The number of benzene rings is 1. The van der Waals surface area contributed by atoms with Crippen LogP contribution in [0.25, 0.3) is 0 Å². The minimum Gasteiger partial charge on any atom is -0.449 e. The summed E-state index contributed by atoms with van der Waals surface area (Å²) in [6.45, 7) is 0.362. The lowest BCUT2D eigenvalue weighted by atomic mass is 10.3. The van der Waals surface area contributed by atoms with Gasteiger partial charge in [0.05, 0.1) is 17.3 Å². The summed E-state index contributed by atoms with van der Waals surface area (Å²) in [7, 11) is 0. The Morgan fingerprint density at radius 2 is 2.00 bits per heavy atom. The van der Waals surface area contributed by atoms with E-state index in [9.17, 15) is 4.79 Å². The minimum absolute atomic E-state index is 0.362. The third-order valence-electron chi connectivity index (χ3n) is 2.18. The first-order valence-electron chi connectivity index (χ1n) is 5.58. The third kappa shape index (κ3) is 5.80. The van der Waals surface area contributed by atoms with Crippen LogP contribution in [0.1, 0.15) is 19.3 Å². The van der Waals surface area contributed by atoms with Gasteiger partial charge in [0.15, 0.2) is 0 Å². The van der Waals surface area contributed by atoms with E-state index in [0.717, 1.165) is 19.3 Å². The van der Waals surface area contributed by atoms with Gasteiger partial charge in [-0.25, -0.2) is 4.79 Å². The number of halogens is 3. The van der Waals surface area contributed by atoms with Gasteiger partial charge in [-0.1, -0.05) is 23.2 Å². The smallest absolute Gasteiger partial charge is 0.411 e. The van der Waals surface area contributed by atoms with Gasteiger partial charge in [0.1, 0.15) is 0 Å². The Hall–Kier alpha value is -0.640. The van der Waals surface area contributed by atoms with Gasteiger partial charge in [0.25, 0.3) is 0 Å². The fraction of sp³-hybridized carbons (Fsp3) is 0.417. The maximum atomic E-state index is 11.4. The van der Waals surface area contributed by atoms with Gasteiger partial charge in [-0.3, -0.25) is 5.32 Å². The van der Waals surface area contributed by atoms with Crippen LogP contribution < -0.4 is 5.32 Å². The van der Waals surface area contributed by atoms with Crippen LogP contribution in [0.15, 0.2) is 18.2 Å². The molecule has 0 fully saturated rings. The lowest BCUT2D eigenvalue weighted by Crippen LogP contribution is -2.14. The predicted octanol–water partition coefficient (Wildman–Crippen LogP) is 4.95. The SMILES string of the molecule is O=C(Nc1cc(Cl)ccc1Cl)OCCCCCCl. The molecule has 1 rings (SSSR count). The summed E-state index contributed by atoms with van der Waals surface area (Å²) < 4.78 is 4.99. The predicted molar refractivity (Wildman–Crippen MR) is 76.0 cm³/mol. The topological polar surface area (TPSA) is 38.3 Å². The number of unbranched alkanes of at least 4 members (excludes halogenated alkanes) is 2. The van der Waals surface area contributed by atoms with Crippen molar-refractivity contribution in [2.24, 2.45) is 0 Å². The maximum Gasteiger partial charge on any atom is 0.411 e. The molecular weight excluding hydrogens is 296 g/mol. The van der Waals surface area contributed by atoms with Gasteiger partial charge in [0.2, 0.25) is 0 Å². The zero-order valence-electron chi connectivity index (χ0n) is 9.72. The van der Waals surface area contributed by atoms with E-state index in [-0.39, 0.29) is 0 Å². The Bertz CT molecular complexity index is 399. The van der Waals surface area contributed by atoms with E-state index in [0.29, 0.717) is 28.2 Å². The molecule has 1 amide bonds. The average Bonchev–Trinajstić information content (AvgIpc) is 2.33. The molecule has 0 saturated carbocycles. The van der Waals surface area contributed by atoms with Crippen LogP contribution in [-0.2, 0) is 4.74 Å². The number of amides is 1. The van der Waals surface area contributed by atoms with Crippen LogP contribution in [0.3, 0.4) is 0 Å². The van der Waals surface area contributed by atoms with E-state index < -0.39 is 6.09 Å². The highest BCUT2D eigenvalue weighted by Gasteiger charge is 2.07. The lowest BCUT2D eigenvalue weighted by molar-refractivity contribution is 0.159. The Morgan fingerprint density at radius 1 is 1.22 bits per heavy atom. The highest BCUT2D eigenvalue weighted by molar-refractivity contribution is 6.35. The van der Waals surface area contributed by atoms with Gasteiger partial charge in [-0.05, 0) is 37.5 Å². The minimum atomic E-state index is -0.537. The molecule has 1 N–H and O–H groups in total. The number of alkyl halides is 1. The summed E-state index contributed by atoms with van der Waals surface area (Å²) in [5.74, 6) is 0.629. The number of hydrogen-bond donors (Lipinski definition) is 1. The maximum absolute atomic E-state index is 11.4. The molecule has 0 aliphatic rings. The Balaban J connectivity index is 2.33. The van der Waals surface area contributed by atoms with Crippen LogP contribution in [0.4, 0.5) is 10.5 Å². The molecule has 0 heterocycles. The zero-order valence-corrected chi connectivity index (χ0v) is 12.0. The summed E-state index contributed by atoms with van der Waals surface area (Å²) in [5, 5.41) is 3.45. The van der Waals surface area contributed by atoms with Crippen LogP contribution in [0.5, 0.6) is 0 Å². The number of anilines is 1. The number of hydrogen-bond acceptors (Lipinski definition) is 2. The van der Waals surface area contributed by atoms with E-state index >= 15 is 0 Å². The molecule has 3 nitrogen and oxygen atoms in total. The van der Waals surface area contributed by atoms with Crippen molar-refractivity contribution in [1.29, 1.82) is 0 Å². The van der Waals surface area contributed by atoms with Crippen molar-refractivity contribution < 1.29 is 9.53 Å². The molecule has 0 bridgehead atoms.